The molecule has 0 bridgehead atoms. The van der Waals surface area contributed by atoms with Crippen LogP contribution in [0.4, 0.5) is 5.69 Å². The van der Waals surface area contributed by atoms with E-state index in [-0.39, 0.29) is 17.3 Å². The van der Waals surface area contributed by atoms with Crippen LogP contribution in [-0.4, -0.2) is 28.4 Å². The second-order valence-electron chi connectivity index (χ2n) is 7.43. The van der Waals surface area contributed by atoms with Gasteiger partial charge in [0, 0.05) is 6.54 Å². The number of fused-ring (bicyclic) bond motifs is 1. The Hall–Kier alpha value is -3.59. The molecule has 4 rings (SSSR count). The van der Waals surface area contributed by atoms with E-state index in [2.05, 4.69) is 10.2 Å². The minimum atomic E-state index is -1.22. The van der Waals surface area contributed by atoms with Crippen LogP contribution in [0.15, 0.2) is 72.1 Å². The molecule has 2 aromatic rings. The van der Waals surface area contributed by atoms with Gasteiger partial charge in [-0.25, -0.2) is 0 Å². The molecule has 0 saturated heterocycles. The molecule has 0 fully saturated rings. The Bertz CT molecular complexity index is 1060. The molecule has 1 amide bonds. The van der Waals surface area contributed by atoms with Crippen molar-refractivity contribution in [2.24, 2.45) is 5.41 Å². The molecule has 0 saturated carbocycles. The van der Waals surface area contributed by atoms with Gasteiger partial charge in [-0.3, -0.25) is 9.59 Å². The van der Waals surface area contributed by atoms with Gasteiger partial charge in [-0.15, -0.1) is 0 Å². The third-order valence-corrected chi connectivity index (χ3v) is 5.56. The second-order valence-corrected chi connectivity index (χ2v) is 7.43. The maximum atomic E-state index is 13.9. The zero-order chi connectivity index (χ0) is 19.9. The maximum Gasteiger partial charge on any atom is 0.246 e. The Morgan fingerprint density at radius 2 is 1.86 bits per heavy atom. The zero-order valence-electron chi connectivity index (χ0n) is 15.6. The number of allylic oxidation sites excluding steroid dienone is 1. The highest BCUT2D eigenvalue weighted by Gasteiger charge is 2.57. The fourth-order valence-corrected chi connectivity index (χ4v) is 4.20. The summed E-state index contributed by atoms with van der Waals surface area (Å²) in [5, 5.41) is 17.3. The van der Waals surface area contributed by atoms with Crippen LogP contribution in [0.3, 0.4) is 0 Å². The van der Waals surface area contributed by atoms with Crippen molar-refractivity contribution in [3.05, 3.63) is 77.7 Å². The van der Waals surface area contributed by atoms with E-state index in [1.54, 1.807) is 24.8 Å². The number of carbonyl (C=O) groups is 2. The van der Waals surface area contributed by atoms with Crippen LogP contribution in [0.5, 0.6) is 0 Å². The number of rotatable bonds is 2. The van der Waals surface area contributed by atoms with Crippen LogP contribution in [0.2, 0.25) is 0 Å². The number of aromatic nitrogens is 2. The Morgan fingerprint density at radius 1 is 1.11 bits per heavy atom. The molecule has 0 N–H and O–H groups in total. The van der Waals surface area contributed by atoms with Gasteiger partial charge in [0.05, 0.1) is 29.1 Å². The highest BCUT2D eigenvalue weighted by molar-refractivity contribution is 6.15. The smallest absolute Gasteiger partial charge is 0.246 e. The van der Waals surface area contributed by atoms with Crippen molar-refractivity contribution < 1.29 is 9.59 Å². The lowest BCUT2D eigenvalue weighted by Crippen LogP contribution is -2.56. The van der Waals surface area contributed by atoms with Gasteiger partial charge in [0.2, 0.25) is 5.91 Å². The molecule has 2 heterocycles. The Morgan fingerprint density at radius 3 is 2.50 bits per heavy atom. The summed E-state index contributed by atoms with van der Waals surface area (Å²) in [6.07, 6.45) is 6.52. The normalized spacial score (nSPS) is 23.4. The zero-order valence-corrected chi connectivity index (χ0v) is 15.6. The van der Waals surface area contributed by atoms with Gasteiger partial charge in [-0.05, 0) is 37.1 Å². The molecular weight excluding hydrogens is 352 g/mol. The molecule has 2 aliphatic rings. The summed E-state index contributed by atoms with van der Waals surface area (Å²) in [6.45, 7) is 3.88. The lowest BCUT2D eigenvalue weighted by Gasteiger charge is -2.48. The standard InChI is InChI=1S/C22H18N4O2/c1-21(2)18-9-11-26(17-8-10-24-25-14-17)20(28)22(18,12-15(13-23)19(21)27)16-6-4-3-5-7-16/h3-10,12,14H,11H2,1-2H3. The van der Waals surface area contributed by atoms with Crippen LogP contribution >= 0.6 is 0 Å². The van der Waals surface area contributed by atoms with Crippen LogP contribution in [0, 0.1) is 16.7 Å². The van der Waals surface area contributed by atoms with Crippen LogP contribution in [-0.2, 0) is 15.0 Å². The molecule has 28 heavy (non-hydrogen) atoms. The van der Waals surface area contributed by atoms with Crippen molar-refractivity contribution in [3.8, 4) is 6.07 Å². The fraction of sp³-hybridized carbons (Fsp3) is 0.227. The van der Waals surface area contributed by atoms with E-state index in [1.165, 1.54) is 18.5 Å². The first kappa shape index (κ1) is 17.8. The number of nitriles is 1. The number of benzene rings is 1. The van der Waals surface area contributed by atoms with E-state index < -0.39 is 10.8 Å². The van der Waals surface area contributed by atoms with Gasteiger partial charge >= 0.3 is 0 Å². The SMILES string of the molecule is CC1(C)C(=O)C(C#N)=CC2(c3ccccc3)C(=O)N(c3ccnnc3)CC=C12. The van der Waals surface area contributed by atoms with Crippen LogP contribution in [0.25, 0.3) is 0 Å². The first-order valence-corrected chi connectivity index (χ1v) is 8.96. The van der Waals surface area contributed by atoms with Crippen molar-refractivity contribution in [3.63, 3.8) is 0 Å². The average molecular weight is 370 g/mol. The summed E-state index contributed by atoms with van der Waals surface area (Å²) in [5.41, 5.74) is -0.120. The predicted octanol–water partition coefficient (Wildman–Crippen LogP) is 2.75. The molecule has 1 aromatic carbocycles. The van der Waals surface area contributed by atoms with E-state index in [4.69, 9.17) is 0 Å². The quantitative estimate of drug-likeness (QED) is 0.759. The molecule has 0 radical (unpaired) electrons. The van der Waals surface area contributed by atoms with Crippen molar-refractivity contribution in [1.82, 2.24) is 10.2 Å². The lowest BCUT2D eigenvalue weighted by molar-refractivity contribution is -0.125. The number of ketones is 1. The number of anilines is 1. The molecule has 6 heteroatoms. The first-order chi connectivity index (χ1) is 13.4. The molecule has 1 aliphatic heterocycles. The van der Waals surface area contributed by atoms with E-state index in [0.717, 1.165) is 5.56 Å². The van der Waals surface area contributed by atoms with Crippen molar-refractivity contribution in [2.45, 2.75) is 19.3 Å². The predicted molar refractivity (Wildman–Crippen MR) is 103 cm³/mol. The van der Waals surface area contributed by atoms with Gasteiger partial charge in [0.25, 0.3) is 0 Å². The first-order valence-electron chi connectivity index (χ1n) is 8.96. The summed E-state index contributed by atoms with van der Waals surface area (Å²) in [6, 6.07) is 13.0. The summed E-state index contributed by atoms with van der Waals surface area (Å²) in [4.78, 5) is 28.4. The molecule has 1 atom stereocenters. The highest BCUT2D eigenvalue weighted by Crippen LogP contribution is 2.52. The van der Waals surface area contributed by atoms with Crippen molar-refractivity contribution in [1.29, 1.82) is 5.26 Å². The monoisotopic (exact) mass is 370 g/mol. The van der Waals surface area contributed by atoms with Gasteiger partial charge < -0.3 is 4.90 Å². The van der Waals surface area contributed by atoms with Gasteiger partial charge in [-0.2, -0.15) is 15.5 Å². The van der Waals surface area contributed by atoms with Crippen molar-refractivity contribution >= 4 is 17.4 Å². The minimum absolute atomic E-state index is 0.00839. The number of hydrogen-bond donors (Lipinski definition) is 0. The number of hydrogen-bond acceptors (Lipinski definition) is 5. The Kier molecular flexibility index (Phi) is 3.97. The van der Waals surface area contributed by atoms with E-state index in [9.17, 15) is 14.9 Å². The minimum Gasteiger partial charge on any atom is -0.306 e. The summed E-state index contributed by atoms with van der Waals surface area (Å²) < 4.78 is 0. The highest BCUT2D eigenvalue weighted by atomic mass is 16.2. The number of nitrogens with zero attached hydrogens (tertiary/aromatic N) is 4. The van der Waals surface area contributed by atoms with Crippen molar-refractivity contribution in [2.75, 3.05) is 11.4 Å². The molecule has 1 aromatic heterocycles. The van der Waals surface area contributed by atoms with Gasteiger partial charge in [-0.1, -0.05) is 36.4 Å². The largest absolute Gasteiger partial charge is 0.306 e. The number of carbonyl (C=O) groups excluding carboxylic acids is 2. The maximum absolute atomic E-state index is 13.9. The fourth-order valence-electron chi connectivity index (χ4n) is 4.20. The second kappa shape index (κ2) is 6.24. The Balaban J connectivity index is 2.03. The number of Topliss-reactive ketones (excluding diaryl/α,β-unsaturated/α-hetero) is 1. The lowest BCUT2D eigenvalue weighted by atomic mass is 9.56. The summed E-state index contributed by atoms with van der Waals surface area (Å²) >= 11 is 0. The molecule has 6 nitrogen and oxygen atoms in total. The molecule has 1 unspecified atom stereocenters. The third-order valence-electron chi connectivity index (χ3n) is 5.56. The topological polar surface area (TPSA) is 87.0 Å². The molecule has 138 valence electrons. The van der Waals surface area contributed by atoms with E-state index in [0.29, 0.717) is 17.8 Å². The van der Waals surface area contributed by atoms with Gasteiger partial charge in [0.1, 0.15) is 11.5 Å². The van der Waals surface area contributed by atoms with E-state index in [1.807, 2.05) is 42.5 Å². The Labute approximate surface area is 162 Å². The van der Waals surface area contributed by atoms with Gasteiger partial charge in [0.15, 0.2) is 5.78 Å². The van der Waals surface area contributed by atoms with E-state index >= 15 is 0 Å². The molecule has 0 spiro atoms. The summed E-state index contributed by atoms with van der Waals surface area (Å²) in [5.74, 6) is -0.475. The number of amides is 1. The van der Waals surface area contributed by atoms with Crippen LogP contribution in [0.1, 0.15) is 19.4 Å². The molecule has 1 aliphatic carbocycles. The van der Waals surface area contributed by atoms with Crippen LogP contribution < -0.4 is 4.90 Å². The molecular formula is C22H18N4O2. The average Bonchev–Trinajstić information content (AvgIpc) is 2.73. The summed E-state index contributed by atoms with van der Waals surface area (Å²) in [7, 11) is 0. The third kappa shape index (κ3) is 2.33.